The predicted molar refractivity (Wildman–Crippen MR) is 79.3 cm³/mol. The average Bonchev–Trinajstić information content (AvgIpc) is 3.12. The van der Waals surface area contributed by atoms with E-state index in [-0.39, 0.29) is 12.1 Å². The minimum Gasteiger partial charge on any atom is -0.458 e. The van der Waals surface area contributed by atoms with E-state index in [4.69, 9.17) is 4.74 Å². The molecule has 3 atom stereocenters. The number of halogens is 1. The SMILES string of the molecule is CC(=O)OC1C2=CC=C(I)CC2CCC1C1CC1. The molecular weight excluding hydrogens is 339 g/mol. The third-order valence-electron chi connectivity index (χ3n) is 4.46. The number of hydrogen-bond donors (Lipinski definition) is 0. The van der Waals surface area contributed by atoms with Gasteiger partial charge in [-0.3, -0.25) is 4.79 Å². The third kappa shape index (κ3) is 2.51. The van der Waals surface area contributed by atoms with Crippen LogP contribution < -0.4 is 0 Å². The number of hydrogen-bond acceptors (Lipinski definition) is 2. The molecule has 3 aliphatic carbocycles. The first-order valence-electron chi connectivity index (χ1n) is 6.88. The van der Waals surface area contributed by atoms with Crippen LogP contribution in [0.3, 0.4) is 0 Å². The second kappa shape index (κ2) is 4.99. The van der Waals surface area contributed by atoms with Crippen molar-refractivity contribution in [3.8, 4) is 0 Å². The molecule has 2 saturated carbocycles. The summed E-state index contributed by atoms with van der Waals surface area (Å²) >= 11 is 2.42. The monoisotopic (exact) mass is 358 g/mol. The van der Waals surface area contributed by atoms with E-state index in [0.717, 1.165) is 12.3 Å². The van der Waals surface area contributed by atoms with Gasteiger partial charge in [-0.25, -0.2) is 0 Å². The largest absolute Gasteiger partial charge is 0.458 e. The minimum atomic E-state index is -0.128. The second-order valence-electron chi connectivity index (χ2n) is 5.79. The topological polar surface area (TPSA) is 26.3 Å². The van der Waals surface area contributed by atoms with Gasteiger partial charge in [0.2, 0.25) is 0 Å². The number of allylic oxidation sites excluding steroid dienone is 3. The number of carbonyl (C=O) groups excluding carboxylic acids is 1. The Labute approximate surface area is 122 Å². The Bertz CT molecular complexity index is 420. The van der Waals surface area contributed by atoms with Gasteiger partial charge in [0.15, 0.2) is 0 Å². The fourth-order valence-corrected chi connectivity index (χ4v) is 4.19. The van der Waals surface area contributed by atoms with Gasteiger partial charge in [-0.05, 0) is 75.7 Å². The molecule has 0 aromatic rings. The summed E-state index contributed by atoms with van der Waals surface area (Å²) in [7, 11) is 0. The first kappa shape index (κ1) is 12.7. The molecular formula is C15H19IO2. The van der Waals surface area contributed by atoms with Crippen LogP contribution in [0.4, 0.5) is 0 Å². The van der Waals surface area contributed by atoms with Crippen molar-refractivity contribution in [2.75, 3.05) is 0 Å². The van der Waals surface area contributed by atoms with E-state index < -0.39 is 0 Å². The van der Waals surface area contributed by atoms with Crippen molar-refractivity contribution >= 4 is 28.6 Å². The van der Waals surface area contributed by atoms with E-state index in [2.05, 4.69) is 34.7 Å². The first-order valence-corrected chi connectivity index (χ1v) is 7.96. The van der Waals surface area contributed by atoms with Crippen molar-refractivity contribution in [2.24, 2.45) is 17.8 Å². The van der Waals surface area contributed by atoms with Crippen LogP contribution in [0.2, 0.25) is 0 Å². The fourth-order valence-electron chi connectivity index (χ4n) is 3.47. The lowest BCUT2D eigenvalue weighted by Crippen LogP contribution is -2.37. The lowest BCUT2D eigenvalue weighted by Gasteiger charge is -2.39. The van der Waals surface area contributed by atoms with Crippen LogP contribution in [0.1, 0.15) is 39.0 Å². The average molecular weight is 358 g/mol. The molecule has 98 valence electrons. The van der Waals surface area contributed by atoms with E-state index in [1.807, 2.05) is 0 Å². The molecule has 2 nitrogen and oxygen atoms in total. The van der Waals surface area contributed by atoms with Crippen molar-refractivity contribution in [1.82, 2.24) is 0 Å². The Morgan fingerprint density at radius 1 is 1.28 bits per heavy atom. The Balaban J connectivity index is 1.86. The summed E-state index contributed by atoms with van der Waals surface area (Å²) < 4.78 is 7.09. The molecule has 3 aliphatic rings. The summed E-state index contributed by atoms with van der Waals surface area (Å²) in [5, 5.41) is 0. The van der Waals surface area contributed by atoms with Crippen molar-refractivity contribution in [2.45, 2.75) is 45.1 Å². The minimum absolute atomic E-state index is 0.0644. The van der Waals surface area contributed by atoms with Gasteiger partial charge in [-0.1, -0.05) is 12.2 Å². The molecule has 18 heavy (non-hydrogen) atoms. The summed E-state index contributed by atoms with van der Waals surface area (Å²) in [6, 6.07) is 0. The van der Waals surface area contributed by atoms with Gasteiger partial charge >= 0.3 is 5.97 Å². The zero-order chi connectivity index (χ0) is 12.7. The van der Waals surface area contributed by atoms with Gasteiger partial charge in [0, 0.05) is 12.8 Å². The number of carbonyl (C=O) groups is 1. The van der Waals surface area contributed by atoms with Crippen molar-refractivity contribution in [3.63, 3.8) is 0 Å². The van der Waals surface area contributed by atoms with Crippen LogP contribution in [0.25, 0.3) is 0 Å². The highest BCUT2D eigenvalue weighted by molar-refractivity contribution is 14.1. The van der Waals surface area contributed by atoms with E-state index >= 15 is 0 Å². The number of fused-ring (bicyclic) bond motifs is 1. The van der Waals surface area contributed by atoms with E-state index in [9.17, 15) is 4.79 Å². The lowest BCUT2D eigenvalue weighted by molar-refractivity contribution is -0.148. The molecule has 0 aliphatic heterocycles. The van der Waals surface area contributed by atoms with Gasteiger partial charge < -0.3 is 4.74 Å². The highest BCUT2D eigenvalue weighted by Gasteiger charge is 2.44. The van der Waals surface area contributed by atoms with Crippen LogP contribution in [0.5, 0.6) is 0 Å². The zero-order valence-electron chi connectivity index (χ0n) is 10.7. The van der Waals surface area contributed by atoms with Crippen LogP contribution in [-0.4, -0.2) is 12.1 Å². The Hall–Kier alpha value is -0.320. The Kier molecular flexibility index (Phi) is 3.52. The van der Waals surface area contributed by atoms with Gasteiger partial charge in [0.05, 0.1) is 0 Å². The third-order valence-corrected chi connectivity index (χ3v) is 5.26. The molecule has 0 aromatic heterocycles. The highest BCUT2D eigenvalue weighted by Crippen LogP contribution is 2.50. The second-order valence-corrected chi connectivity index (χ2v) is 7.18. The molecule has 0 N–H and O–H groups in total. The molecule has 2 fully saturated rings. The smallest absolute Gasteiger partial charge is 0.303 e. The lowest BCUT2D eigenvalue weighted by atomic mass is 9.71. The molecule has 0 saturated heterocycles. The van der Waals surface area contributed by atoms with Crippen LogP contribution in [-0.2, 0) is 9.53 Å². The van der Waals surface area contributed by atoms with Gasteiger partial charge in [0.25, 0.3) is 0 Å². The van der Waals surface area contributed by atoms with Crippen LogP contribution >= 0.6 is 22.6 Å². The maximum Gasteiger partial charge on any atom is 0.303 e. The molecule has 3 heteroatoms. The molecule has 3 unspecified atom stereocenters. The molecule has 0 aromatic carbocycles. The van der Waals surface area contributed by atoms with Crippen molar-refractivity contribution in [3.05, 3.63) is 21.3 Å². The summed E-state index contributed by atoms with van der Waals surface area (Å²) in [6.07, 6.45) is 10.8. The zero-order valence-corrected chi connectivity index (χ0v) is 12.9. The van der Waals surface area contributed by atoms with Crippen LogP contribution in [0.15, 0.2) is 21.3 Å². The maximum atomic E-state index is 11.4. The van der Waals surface area contributed by atoms with Gasteiger partial charge in [0.1, 0.15) is 6.10 Å². The summed E-state index contributed by atoms with van der Waals surface area (Å²) in [4.78, 5) is 11.4. The summed E-state index contributed by atoms with van der Waals surface area (Å²) in [5.74, 6) is 1.87. The normalized spacial score (nSPS) is 35.3. The summed E-state index contributed by atoms with van der Waals surface area (Å²) in [6.45, 7) is 1.54. The number of rotatable bonds is 2. The number of esters is 1. The molecule has 0 spiro atoms. The van der Waals surface area contributed by atoms with E-state index in [1.165, 1.54) is 41.8 Å². The van der Waals surface area contributed by atoms with E-state index in [0.29, 0.717) is 11.8 Å². The van der Waals surface area contributed by atoms with Crippen molar-refractivity contribution in [1.29, 1.82) is 0 Å². The predicted octanol–water partition coefficient (Wildman–Crippen LogP) is 4.00. The molecule has 0 amide bonds. The molecule has 0 bridgehead atoms. The van der Waals surface area contributed by atoms with Crippen LogP contribution in [0, 0.1) is 17.8 Å². The maximum absolute atomic E-state index is 11.4. The van der Waals surface area contributed by atoms with Gasteiger partial charge in [-0.2, -0.15) is 0 Å². The quantitative estimate of drug-likeness (QED) is 0.551. The highest BCUT2D eigenvalue weighted by atomic mass is 127. The fraction of sp³-hybridized carbons (Fsp3) is 0.667. The summed E-state index contributed by atoms with van der Waals surface area (Å²) in [5.41, 5.74) is 1.38. The van der Waals surface area contributed by atoms with Crippen molar-refractivity contribution < 1.29 is 9.53 Å². The number of ether oxygens (including phenoxy) is 1. The molecule has 0 radical (unpaired) electrons. The first-order chi connectivity index (χ1) is 8.65. The Morgan fingerprint density at radius 2 is 2.06 bits per heavy atom. The van der Waals surface area contributed by atoms with Gasteiger partial charge in [-0.15, -0.1) is 0 Å². The Morgan fingerprint density at radius 3 is 2.72 bits per heavy atom. The molecule has 0 heterocycles. The molecule has 3 rings (SSSR count). The van der Waals surface area contributed by atoms with E-state index in [1.54, 1.807) is 0 Å². The standard InChI is InChI=1S/C15H19IO2/c1-9(17)18-15-13(10-2-3-10)6-4-11-8-12(16)5-7-14(11)15/h5,7,10-11,13,15H,2-4,6,8H2,1H3.